The van der Waals surface area contributed by atoms with Crippen LogP contribution in [0.5, 0.6) is 5.88 Å². The first-order valence-corrected chi connectivity index (χ1v) is 9.49. The van der Waals surface area contributed by atoms with E-state index >= 15 is 0 Å². The molecular formula is C16H8BrF4NO5S. The second kappa shape index (κ2) is 6.78. The van der Waals surface area contributed by atoms with Crippen LogP contribution < -0.4 is 4.74 Å². The highest BCUT2D eigenvalue weighted by molar-refractivity contribution is 9.10. The van der Waals surface area contributed by atoms with Crippen molar-refractivity contribution in [3.05, 3.63) is 58.3 Å². The zero-order chi connectivity index (χ0) is 20.9. The van der Waals surface area contributed by atoms with Gasteiger partial charge >= 0.3 is 12.3 Å². The Hall–Kier alpha value is -2.60. The molecule has 0 aliphatic heterocycles. The molecule has 0 unspecified atom stereocenters. The third kappa shape index (κ3) is 3.44. The van der Waals surface area contributed by atoms with E-state index in [1.807, 2.05) is 0 Å². The van der Waals surface area contributed by atoms with Crippen molar-refractivity contribution in [2.75, 3.05) is 0 Å². The van der Waals surface area contributed by atoms with Crippen LogP contribution in [0, 0.1) is 5.82 Å². The molecule has 0 atom stereocenters. The lowest BCUT2D eigenvalue weighted by molar-refractivity contribution is -0.137. The van der Waals surface area contributed by atoms with Gasteiger partial charge in [-0.3, -0.25) is 0 Å². The van der Waals surface area contributed by atoms with Crippen LogP contribution in [0.1, 0.15) is 5.56 Å². The number of nitrogens with zero attached hydrogens (tertiary/aromatic N) is 1. The minimum Gasteiger partial charge on any atom is -0.449 e. The van der Waals surface area contributed by atoms with E-state index in [9.17, 15) is 30.8 Å². The predicted molar refractivity (Wildman–Crippen MR) is 92.3 cm³/mol. The molecule has 0 amide bonds. The molecule has 12 heteroatoms. The number of hydrogen-bond acceptors (Lipinski definition) is 4. The summed E-state index contributed by atoms with van der Waals surface area (Å²) in [6.07, 6.45) is -6.67. The molecule has 3 aromatic rings. The zero-order valence-electron chi connectivity index (χ0n) is 13.4. The molecule has 0 saturated carbocycles. The van der Waals surface area contributed by atoms with Gasteiger partial charge in [-0.2, -0.15) is 13.2 Å². The van der Waals surface area contributed by atoms with Crippen molar-refractivity contribution in [1.29, 1.82) is 0 Å². The average molecular weight is 482 g/mol. The van der Waals surface area contributed by atoms with E-state index in [1.165, 1.54) is 0 Å². The van der Waals surface area contributed by atoms with Crippen molar-refractivity contribution in [1.82, 2.24) is 3.97 Å². The van der Waals surface area contributed by atoms with Gasteiger partial charge in [0.1, 0.15) is 5.82 Å². The van der Waals surface area contributed by atoms with Crippen LogP contribution in [-0.2, 0) is 16.2 Å². The molecule has 1 N–H and O–H groups in total. The summed E-state index contributed by atoms with van der Waals surface area (Å²) in [7, 11) is -4.74. The third-order valence-corrected chi connectivity index (χ3v) is 6.13. The number of hydrogen-bond donors (Lipinski definition) is 1. The fourth-order valence-electron chi connectivity index (χ4n) is 2.52. The molecule has 0 radical (unpaired) electrons. The quantitative estimate of drug-likeness (QED) is 0.426. The fourth-order valence-corrected chi connectivity index (χ4v) is 4.72. The van der Waals surface area contributed by atoms with Gasteiger partial charge in [0.2, 0.25) is 5.88 Å². The van der Waals surface area contributed by atoms with E-state index in [1.54, 1.807) is 0 Å². The minimum atomic E-state index is -4.80. The molecule has 6 nitrogen and oxygen atoms in total. The van der Waals surface area contributed by atoms with Crippen molar-refractivity contribution >= 4 is 43.0 Å². The minimum absolute atomic E-state index is 0.0493. The lowest BCUT2D eigenvalue weighted by atomic mass is 10.2. The Morgan fingerprint density at radius 3 is 2.43 bits per heavy atom. The van der Waals surface area contributed by atoms with Gasteiger partial charge < -0.3 is 9.84 Å². The first-order valence-electron chi connectivity index (χ1n) is 7.26. The standard InChI is InChI=1S/C16H8BrF4NO5S/c17-13-11-7-9(18)4-5-12(11)22(14(13)27-15(23)24)28(25,26)10-3-1-2-8(6-10)16(19,20)21/h1-7H,(H,23,24). The number of halogens is 5. The lowest BCUT2D eigenvalue weighted by Crippen LogP contribution is -2.17. The molecule has 0 saturated heterocycles. The van der Waals surface area contributed by atoms with Crippen molar-refractivity contribution in [3.8, 4) is 5.88 Å². The Morgan fingerprint density at radius 1 is 1.14 bits per heavy atom. The first-order chi connectivity index (χ1) is 12.9. The highest BCUT2D eigenvalue weighted by atomic mass is 79.9. The van der Waals surface area contributed by atoms with E-state index in [0.29, 0.717) is 16.1 Å². The molecule has 1 aromatic heterocycles. The SMILES string of the molecule is O=C(O)Oc1c(Br)c2cc(F)ccc2n1S(=O)(=O)c1cccc(C(F)(F)F)c1. The van der Waals surface area contributed by atoms with E-state index in [4.69, 9.17) is 5.11 Å². The van der Waals surface area contributed by atoms with Gasteiger partial charge in [0.15, 0.2) is 0 Å². The molecule has 0 aliphatic rings. The summed E-state index contributed by atoms with van der Waals surface area (Å²) in [5.74, 6) is -1.49. The molecular weight excluding hydrogens is 474 g/mol. The summed E-state index contributed by atoms with van der Waals surface area (Å²) in [6, 6.07) is 5.78. The van der Waals surface area contributed by atoms with Crippen LogP contribution in [0.4, 0.5) is 22.4 Å². The Morgan fingerprint density at radius 2 is 1.82 bits per heavy atom. The number of ether oxygens (including phenoxy) is 1. The zero-order valence-corrected chi connectivity index (χ0v) is 15.8. The largest absolute Gasteiger partial charge is 0.512 e. The van der Waals surface area contributed by atoms with Gasteiger partial charge in [-0.15, -0.1) is 0 Å². The van der Waals surface area contributed by atoms with Gasteiger partial charge in [-0.05, 0) is 52.3 Å². The van der Waals surface area contributed by atoms with Crippen LogP contribution in [0.25, 0.3) is 10.9 Å². The Kier molecular flexibility index (Phi) is 4.88. The number of fused-ring (bicyclic) bond motifs is 1. The molecule has 3 rings (SSSR count). The molecule has 148 valence electrons. The number of rotatable bonds is 3. The average Bonchev–Trinajstić information content (AvgIpc) is 2.86. The van der Waals surface area contributed by atoms with Crippen molar-refractivity contribution in [2.24, 2.45) is 0 Å². The Balaban J connectivity index is 2.34. The summed E-state index contributed by atoms with van der Waals surface area (Å²) >= 11 is 2.96. The predicted octanol–water partition coefficient (Wildman–Crippen LogP) is 4.86. The van der Waals surface area contributed by atoms with E-state index in [2.05, 4.69) is 20.7 Å². The number of benzene rings is 2. The van der Waals surface area contributed by atoms with Crippen LogP contribution >= 0.6 is 15.9 Å². The van der Waals surface area contributed by atoms with Crippen LogP contribution in [0.3, 0.4) is 0 Å². The smallest absolute Gasteiger partial charge is 0.449 e. The molecule has 0 spiro atoms. The van der Waals surface area contributed by atoms with Gasteiger partial charge in [0.25, 0.3) is 10.0 Å². The summed E-state index contributed by atoms with van der Waals surface area (Å²) in [4.78, 5) is 10.2. The summed E-state index contributed by atoms with van der Waals surface area (Å²) in [5.41, 5.74) is -1.40. The number of carboxylic acid groups (broad SMARTS) is 1. The summed E-state index contributed by atoms with van der Waals surface area (Å²) < 4.78 is 83.2. The van der Waals surface area contributed by atoms with Crippen LogP contribution in [0.15, 0.2) is 51.8 Å². The van der Waals surface area contributed by atoms with Gasteiger partial charge in [-0.1, -0.05) is 6.07 Å². The number of alkyl halides is 3. The van der Waals surface area contributed by atoms with Crippen molar-refractivity contribution in [3.63, 3.8) is 0 Å². The maximum Gasteiger partial charge on any atom is 0.512 e. The third-order valence-electron chi connectivity index (χ3n) is 3.67. The van der Waals surface area contributed by atoms with E-state index in [0.717, 1.165) is 30.3 Å². The van der Waals surface area contributed by atoms with E-state index < -0.39 is 44.5 Å². The topological polar surface area (TPSA) is 85.6 Å². The highest BCUT2D eigenvalue weighted by Gasteiger charge is 2.34. The molecule has 0 fully saturated rings. The maximum atomic E-state index is 13.6. The molecule has 28 heavy (non-hydrogen) atoms. The Bertz CT molecular complexity index is 1200. The molecule has 0 bridgehead atoms. The highest BCUT2D eigenvalue weighted by Crippen LogP contribution is 2.40. The van der Waals surface area contributed by atoms with Crippen molar-refractivity contribution in [2.45, 2.75) is 11.1 Å². The first kappa shape index (κ1) is 20.1. The monoisotopic (exact) mass is 481 g/mol. The van der Waals surface area contributed by atoms with Gasteiger partial charge in [-0.25, -0.2) is 21.6 Å². The Labute approximate surface area is 163 Å². The molecule has 2 aromatic carbocycles. The van der Waals surface area contributed by atoms with Gasteiger partial charge in [0, 0.05) is 5.39 Å². The second-order valence-corrected chi connectivity index (χ2v) is 8.02. The van der Waals surface area contributed by atoms with Crippen LogP contribution in [0.2, 0.25) is 0 Å². The molecule has 0 aliphatic carbocycles. The number of aromatic nitrogens is 1. The molecule has 1 heterocycles. The summed E-state index contributed by atoms with van der Waals surface area (Å²) in [5, 5.41) is 8.86. The van der Waals surface area contributed by atoms with Crippen molar-refractivity contribution < 1.29 is 40.6 Å². The summed E-state index contributed by atoms with van der Waals surface area (Å²) in [6.45, 7) is 0. The second-order valence-electron chi connectivity index (χ2n) is 5.44. The fraction of sp³-hybridized carbons (Fsp3) is 0.0625. The van der Waals surface area contributed by atoms with Gasteiger partial charge in [0.05, 0.1) is 20.4 Å². The number of carbonyl (C=O) groups is 1. The van der Waals surface area contributed by atoms with E-state index in [-0.39, 0.29) is 15.4 Å². The maximum absolute atomic E-state index is 13.6. The lowest BCUT2D eigenvalue weighted by Gasteiger charge is -2.13. The normalized spacial score (nSPS) is 12.3. The van der Waals surface area contributed by atoms with Crippen LogP contribution in [-0.4, -0.2) is 23.7 Å².